The van der Waals surface area contributed by atoms with Crippen molar-refractivity contribution in [1.29, 1.82) is 0 Å². The van der Waals surface area contributed by atoms with Crippen molar-refractivity contribution >= 4 is 33.0 Å². The Morgan fingerprint density at radius 2 is 2.36 bits per heavy atom. The van der Waals surface area contributed by atoms with Crippen molar-refractivity contribution in [3.05, 3.63) is 20.8 Å². The van der Waals surface area contributed by atoms with Gasteiger partial charge in [-0.2, -0.15) is 0 Å². The minimum Gasteiger partial charge on any atom is -0.299 e. The zero-order valence-electron chi connectivity index (χ0n) is 8.13. The Hall–Kier alpha value is -0.150. The third-order valence-corrected chi connectivity index (χ3v) is 4.71. The molecule has 1 aromatic heterocycles. The van der Waals surface area contributed by atoms with Crippen LogP contribution in [0.25, 0.3) is 0 Å². The summed E-state index contributed by atoms with van der Waals surface area (Å²) in [6.45, 7) is 2.07. The maximum atomic E-state index is 11.4. The molecule has 0 saturated heterocycles. The molecular weight excluding hydrogens is 260 g/mol. The molecule has 2 rings (SSSR count). The Balaban J connectivity index is 2.02. The second-order valence-corrected chi connectivity index (χ2v) is 6.51. The van der Waals surface area contributed by atoms with Crippen LogP contribution in [0.3, 0.4) is 0 Å². The average Bonchev–Trinajstić information content (AvgIpc) is 2.67. The van der Waals surface area contributed by atoms with Gasteiger partial charge in [0.05, 0.1) is 3.79 Å². The summed E-state index contributed by atoms with van der Waals surface area (Å²) in [6.07, 6.45) is 2.94. The first-order valence-electron chi connectivity index (χ1n) is 4.94. The molecule has 0 bridgehead atoms. The molecule has 3 heteroatoms. The number of Topliss-reactive ketones (excluding diaryl/α,β-unsaturated/α-hetero) is 1. The van der Waals surface area contributed by atoms with E-state index in [4.69, 9.17) is 0 Å². The smallest absolute Gasteiger partial charge is 0.136 e. The zero-order chi connectivity index (χ0) is 10.1. The second-order valence-electron chi connectivity index (χ2n) is 3.96. The topological polar surface area (TPSA) is 17.1 Å². The molecule has 2 unspecified atom stereocenters. The van der Waals surface area contributed by atoms with Crippen LogP contribution in [0.2, 0.25) is 0 Å². The zero-order valence-corrected chi connectivity index (χ0v) is 10.5. The Morgan fingerprint density at radius 3 is 2.86 bits per heavy atom. The van der Waals surface area contributed by atoms with Crippen LogP contribution in [0.4, 0.5) is 0 Å². The van der Waals surface area contributed by atoms with Crippen LogP contribution in [0.15, 0.2) is 15.9 Å². The molecule has 1 saturated carbocycles. The number of hydrogen-bond donors (Lipinski definition) is 0. The van der Waals surface area contributed by atoms with E-state index in [2.05, 4.69) is 35.0 Å². The maximum Gasteiger partial charge on any atom is 0.136 e. The maximum absolute atomic E-state index is 11.4. The molecule has 2 atom stereocenters. The largest absolute Gasteiger partial charge is 0.299 e. The number of carbonyl (C=O) groups excluding carboxylic acids is 1. The standard InChI is InChI=1S/C11H13BrOS/c1-7-8(2-4-10(7)13)6-9-3-5-11(12)14-9/h3,5,7-8H,2,4,6H2,1H3. The van der Waals surface area contributed by atoms with Crippen LogP contribution in [-0.4, -0.2) is 5.78 Å². The summed E-state index contributed by atoms with van der Waals surface area (Å²) in [6, 6.07) is 4.24. The molecule has 1 aliphatic carbocycles. The van der Waals surface area contributed by atoms with E-state index in [1.54, 1.807) is 11.3 Å². The fourth-order valence-corrected chi connectivity index (χ4v) is 3.64. The Bertz CT molecular complexity index is 345. The highest BCUT2D eigenvalue weighted by Gasteiger charge is 2.30. The first-order valence-corrected chi connectivity index (χ1v) is 6.54. The second kappa shape index (κ2) is 4.15. The lowest BCUT2D eigenvalue weighted by Crippen LogP contribution is -2.12. The summed E-state index contributed by atoms with van der Waals surface area (Å²) in [5.41, 5.74) is 0. The molecule has 0 spiro atoms. The van der Waals surface area contributed by atoms with E-state index in [0.29, 0.717) is 11.7 Å². The molecule has 0 amide bonds. The number of rotatable bonds is 2. The van der Waals surface area contributed by atoms with Crippen LogP contribution in [0, 0.1) is 11.8 Å². The molecule has 14 heavy (non-hydrogen) atoms. The molecule has 1 aromatic rings. The fraction of sp³-hybridized carbons (Fsp3) is 0.545. The number of thiophene rings is 1. The summed E-state index contributed by atoms with van der Waals surface area (Å²) in [5, 5.41) is 0. The monoisotopic (exact) mass is 272 g/mol. The summed E-state index contributed by atoms with van der Waals surface area (Å²) >= 11 is 5.24. The van der Waals surface area contributed by atoms with Crippen molar-refractivity contribution in [2.75, 3.05) is 0 Å². The minimum absolute atomic E-state index is 0.274. The molecule has 1 aliphatic rings. The van der Waals surface area contributed by atoms with Crippen LogP contribution in [0.1, 0.15) is 24.6 Å². The van der Waals surface area contributed by atoms with Crippen LogP contribution in [0.5, 0.6) is 0 Å². The predicted octanol–water partition coefficient (Wildman–Crippen LogP) is 3.67. The van der Waals surface area contributed by atoms with Crippen LogP contribution in [-0.2, 0) is 11.2 Å². The van der Waals surface area contributed by atoms with E-state index in [-0.39, 0.29) is 5.92 Å². The van der Waals surface area contributed by atoms with Gasteiger partial charge in [0.1, 0.15) is 5.78 Å². The van der Waals surface area contributed by atoms with Gasteiger partial charge in [0, 0.05) is 17.2 Å². The molecular formula is C11H13BrOS. The van der Waals surface area contributed by atoms with E-state index in [1.165, 1.54) is 8.66 Å². The highest BCUT2D eigenvalue weighted by atomic mass is 79.9. The van der Waals surface area contributed by atoms with Gasteiger partial charge in [-0.15, -0.1) is 11.3 Å². The third-order valence-electron chi connectivity index (χ3n) is 3.07. The molecule has 0 aromatic carbocycles. The van der Waals surface area contributed by atoms with Crippen molar-refractivity contribution < 1.29 is 4.79 Å². The molecule has 0 N–H and O–H groups in total. The van der Waals surface area contributed by atoms with E-state index < -0.39 is 0 Å². The van der Waals surface area contributed by atoms with E-state index in [1.807, 2.05) is 0 Å². The lowest BCUT2D eigenvalue weighted by molar-refractivity contribution is -0.120. The van der Waals surface area contributed by atoms with Crippen molar-refractivity contribution in [2.45, 2.75) is 26.2 Å². The molecule has 76 valence electrons. The van der Waals surface area contributed by atoms with E-state index in [9.17, 15) is 4.79 Å². The molecule has 1 nitrogen and oxygen atoms in total. The highest BCUT2D eigenvalue weighted by Crippen LogP contribution is 2.33. The van der Waals surface area contributed by atoms with Crippen LogP contribution < -0.4 is 0 Å². The quantitative estimate of drug-likeness (QED) is 0.803. The van der Waals surface area contributed by atoms with Gasteiger partial charge in [0.15, 0.2) is 0 Å². The van der Waals surface area contributed by atoms with Gasteiger partial charge >= 0.3 is 0 Å². The SMILES string of the molecule is CC1C(=O)CCC1Cc1ccc(Br)s1. The number of carbonyl (C=O) groups is 1. The van der Waals surface area contributed by atoms with Gasteiger partial charge in [0.25, 0.3) is 0 Å². The fourth-order valence-electron chi connectivity index (χ4n) is 2.07. The van der Waals surface area contributed by atoms with Crippen molar-refractivity contribution in [3.8, 4) is 0 Å². The first-order chi connectivity index (χ1) is 6.66. The van der Waals surface area contributed by atoms with Gasteiger partial charge in [0.2, 0.25) is 0 Å². The van der Waals surface area contributed by atoms with Crippen molar-refractivity contribution in [3.63, 3.8) is 0 Å². The molecule has 0 radical (unpaired) electrons. The molecule has 1 heterocycles. The summed E-state index contributed by atoms with van der Waals surface area (Å²) in [4.78, 5) is 12.8. The summed E-state index contributed by atoms with van der Waals surface area (Å²) in [5.74, 6) is 1.30. The number of halogens is 1. The Kier molecular flexibility index (Phi) is 3.07. The van der Waals surface area contributed by atoms with Crippen molar-refractivity contribution in [2.24, 2.45) is 11.8 Å². The normalized spacial score (nSPS) is 27.1. The van der Waals surface area contributed by atoms with E-state index in [0.717, 1.165) is 19.3 Å². The van der Waals surface area contributed by atoms with E-state index >= 15 is 0 Å². The number of ketones is 1. The minimum atomic E-state index is 0.274. The third kappa shape index (κ3) is 2.09. The van der Waals surface area contributed by atoms with Crippen molar-refractivity contribution in [1.82, 2.24) is 0 Å². The lowest BCUT2D eigenvalue weighted by Gasteiger charge is -2.11. The Morgan fingerprint density at radius 1 is 1.57 bits per heavy atom. The highest BCUT2D eigenvalue weighted by molar-refractivity contribution is 9.11. The summed E-state index contributed by atoms with van der Waals surface area (Å²) < 4.78 is 1.18. The number of hydrogen-bond acceptors (Lipinski definition) is 2. The van der Waals surface area contributed by atoms with Crippen LogP contribution >= 0.6 is 27.3 Å². The van der Waals surface area contributed by atoms with Gasteiger partial charge in [-0.05, 0) is 46.8 Å². The molecule has 1 fully saturated rings. The van der Waals surface area contributed by atoms with Gasteiger partial charge in [-0.1, -0.05) is 6.92 Å². The van der Waals surface area contributed by atoms with Gasteiger partial charge in [-0.3, -0.25) is 4.79 Å². The Labute approximate surface area is 96.6 Å². The average molecular weight is 273 g/mol. The van der Waals surface area contributed by atoms with Gasteiger partial charge in [-0.25, -0.2) is 0 Å². The summed E-state index contributed by atoms with van der Waals surface area (Å²) in [7, 11) is 0. The lowest BCUT2D eigenvalue weighted by atomic mass is 9.94. The first kappa shape index (κ1) is 10.4. The predicted molar refractivity (Wildman–Crippen MR) is 62.6 cm³/mol. The molecule has 0 aliphatic heterocycles. The van der Waals surface area contributed by atoms with Gasteiger partial charge < -0.3 is 0 Å².